The highest BCUT2D eigenvalue weighted by atomic mass is 15.1. The molecule has 0 spiro atoms. The van der Waals surface area contributed by atoms with E-state index in [1.165, 1.54) is 58.0 Å². The summed E-state index contributed by atoms with van der Waals surface area (Å²) in [5.41, 5.74) is 5.65. The minimum Gasteiger partial charge on any atom is -0.330 e. The van der Waals surface area contributed by atoms with Crippen molar-refractivity contribution < 1.29 is 0 Å². The van der Waals surface area contributed by atoms with Crippen LogP contribution in [0.2, 0.25) is 0 Å². The first kappa shape index (κ1) is 14.0. The normalized spacial score (nSPS) is 20.2. The highest BCUT2D eigenvalue weighted by molar-refractivity contribution is 4.75. The highest BCUT2D eigenvalue weighted by Crippen LogP contribution is 2.22. The Morgan fingerprint density at radius 3 is 2.50 bits per heavy atom. The Kier molecular flexibility index (Phi) is 7.06. The number of hydrogen-bond acceptors (Lipinski definition) is 2. The molecule has 1 aliphatic carbocycles. The van der Waals surface area contributed by atoms with Crippen molar-refractivity contribution in [2.45, 2.75) is 64.8 Å². The molecule has 1 unspecified atom stereocenters. The Morgan fingerprint density at radius 1 is 1.25 bits per heavy atom. The first-order valence-electron chi connectivity index (χ1n) is 7.22. The SMILES string of the molecule is CCN(CCCC(C)CN)C1CCCCC1. The van der Waals surface area contributed by atoms with Gasteiger partial charge in [-0.05, 0) is 51.2 Å². The minimum atomic E-state index is 0.699. The maximum absolute atomic E-state index is 5.65. The van der Waals surface area contributed by atoms with Crippen LogP contribution >= 0.6 is 0 Å². The van der Waals surface area contributed by atoms with E-state index in [1.54, 1.807) is 0 Å². The second-order valence-electron chi connectivity index (χ2n) is 5.40. The van der Waals surface area contributed by atoms with Gasteiger partial charge in [-0.15, -0.1) is 0 Å². The van der Waals surface area contributed by atoms with E-state index in [0.29, 0.717) is 5.92 Å². The third kappa shape index (κ3) is 4.84. The monoisotopic (exact) mass is 226 g/mol. The largest absolute Gasteiger partial charge is 0.330 e. The fourth-order valence-corrected chi connectivity index (χ4v) is 2.81. The Balaban J connectivity index is 2.19. The third-order valence-corrected chi connectivity index (χ3v) is 4.04. The number of nitrogens with two attached hydrogens (primary N) is 1. The number of rotatable bonds is 7. The van der Waals surface area contributed by atoms with E-state index in [-0.39, 0.29) is 0 Å². The van der Waals surface area contributed by atoms with Crippen molar-refractivity contribution in [1.29, 1.82) is 0 Å². The predicted octanol–water partition coefficient (Wildman–Crippen LogP) is 3.02. The van der Waals surface area contributed by atoms with Crippen molar-refractivity contribution in [2.24, 2.45) is 11.7 Å². The zero-order valence-electron chi connectivity index (χ0n) is 11.3. The lowest BCUT2D eigenvalue weighted by atomic mass is 9.94. The molecule has 0 aromatic heterocycles. The molecule has 2 nitrogen and oxygen atoms in total. The average molecular weight is 226 g/mol. The maximum atomic E-state index is 5.65. The lowest BCUT2D eigenvalue weighted by molar-refractivity contribution is 0.159. The molecule has 0 saturated heterocycles. The van der Waals surface area contributed by atoms with Gasteiger partial charge in [-0.3, -0.25) is 0 Å². The number of hydrogen-bond donors (Lipinski definition) is 1. The standard InChI is InChI=1S/C14H30N2/c1-3-16(11-7-8-13(2)12-15)14-9-5-4-6-10-14/h13-14H,3-12,15H2,1-2H3. The molecular weight excluding hydrogens is 196 g/mol. The Labute approximate surface area is 102 Å². The van der Waals surface area contributed by atoms with Gasteiger partial charge in [0.2, 0.25) is 0 Å². The van der Waals surface area contributed by atoms with E-state index in [4.69, 9.17) is 5.73 Å². The van der Waals surface area contributed by atoms with Crippen molar-refractivity contribution in [3.8, 4) is 0 Å². The Morgan fingerprint density at radius 2 is 1.94 bits per heavy atom. The molecule has 96 valence electrons. The number of nitrogens with zero attached hydrogens (tertiary/aromatic N) is 1. The summed E-state index contributed by atoms with van der Waals surface area (Å²) in [6.45, 7) is 7.92. The molecule has 2 heteroatoms. The van der Waals surface area contributed by atoms with E-state index in [1.807, 2.05) is 0 Å². The van der Waals surface area contributed by atoms with Crippen molar-refractivity contribution in [3.63, 3.8) is 0 Å². The molecule has 0 radical (unpaired) electrons. The first-order chi connectivity index (χ1) is 7.77. The van der Waals surface area contributed by atoms with Crippen molar-refractivity contribution in [2.75, 3.05) is 19.6 Å². The van der Waals surface area contributed by atoms with E-state index in [0.717, 1.165) is 12.6 Å². The van der Waals surface area contributed by atoms with Gasteiger partial charge in [-0.2, -0.15) is 0 Å². The summed E-state index contributed by atoms with van der Waals surface area (Å²) >= 11 is 0. The second-order valence-corrected chi connectivity index (χ2v) is 5.40. The van der Waals surface area contributed by atoms with Crippen LogP contribution in [0.1, 0.15) is 58.8 Å². The molecule has 1 rings (SSSR count). The minimum absolute atomic E-state index is 0.699. The second kappa shape index (κ2) is 8.08. The molecule has 0 aliphatic heterocycles. The molecule has 1 atom stereocenters. The van der Waals surface area contributed by atoms with Gasteiger partial charge in [0.15, 0.2) is 0 Å². The molecule has 16 heavy (non-hydrogen) atoms. The summed E-state index contributed by atoms with van der Waals surface area (Å²) in [7, 11) is 0. The van der Waals surface area contributed by atoms with Crippen molar-refractivity contribution in [1.82, 2.24) is 4.90 Å². The van der Waals surface area contributed by atoms with E-state index < -0.39 is 0 Å². The molecule has 0 aromatic rings. The molecular formula is C14H30N2. The van der Waals surface area contributed by atoms with Crippen LogP contribution in [0.15, 0.2) is 0 Å². The fourth-order valence-electron chi connectivity index (χ4n) is 2.81. The van der Waals surface area contributed by atoms with Crippen LogP contribution in [-0.4, -0.2) is 30.6 Å². The van der Waals surface area contributed by atoms with E-state index in [2.05, 4.69) is 18.7 Å². The first-order valence-corrected chi connectivity index (χ1v) is 7.22. The smallest absolute Gasteiger partial charge is 0.00951 e. The zero-order valence-corrected chi connectivity index (χ0v) is 11.3. The highest BCUT2D eigenvalue weighted by Gasteiger charge is 2.19. The average Bonchev–Trinajstić information content (AvgIpc) is 2.35. The van der Waals surface area contributed by atoms with E-state index >= 15 is 0 Å². The van der Waals surface area contributed by atoms with Crippen LogP contribution in [0.25, 0.3) is 0 Å². The quantitative estimate of drug-likeness (QED) is 0.723. The van der Waals surface area contributed by atoms with Gasteiger partial charge in [0.25, 0.3) is 0 Å². The van der Waals surface area contributed by atoms with E-state index in [9.17, 15) is 0 Å². The van der Waals surface area contributed by atoms with Crippen molar-refractivity contribution >= 4 is 0 Å². The molecule has 1 fully saturated rings. The van der Waals surface area contributed by atoms with Gasteiger partial charge < -0.3 is 10.6 Å². The molecule has 0 bridgehead atoms. The van der Waals surface area contributed by atoms with Crippen LogP contribution in [0, 0.1) is 5.92 Å². The summed E-state index contributed by atoms with van der Waals surface area (Å²) in [4.78, 5) is 2.70. The lowest BCUT2D eigenvalue weighted by Crippen LogP contribution is -2.37. The van der Waals surface area contributed by atoms with Gasteiger partial charge in [0.1, 0.15) is 0 Å². The van der Waals surface area contributed by atoms with Gasteiger partial charge in [-0.1, -0.05) is 33.1 Å². The molecule has 0 aromatic carbocycles. The van der Waals surface area contributed by atoms with Crippen LogP contribution in [0.3, 0.4) is 0 Å². The molecule has 0 heterocycles. The van der Waals surface area contributed by atoms with Gasteiger partial charge in [0, 0.05) is 6.04 Å². The Hall–Kier alpha value is -0.0800. The molecule has 2 N–H and O–H groups in total. The topological polar surface area (TPSA) is 29.3 Å². The lowest BCUT2D eigenvalue weighted by Gasteiger charge is -2.33. The summed E-state index contributed by atoms with van der Waals surface area (Å²) in [5, 5.41) is 0. The van der Waals surface area contributed by atoms with Gasteiger partial charge >= 0.3 is 0 Å². The van der Waals surface area contributed by atoms with Crippen LogP contribution < -0.4 is 5.73 Å². The van der Waals surface area contributed by atoms with Gasteiger partial charge in [-0.25, -0.2) is 0 Å². The molecule has 0 amide bonds. The summed E-state index contributed by atoms with van der Waals surface area (Å²) in [6, 6.07) is 0.881. The fraction of sp³-hybridized carbons (Fsp3) is 1.00. The zero-order chi connectivity index (χ0) is 11.8. The molecule has 1 saturated carbocycles. The Bertz CT molecular complexity index is 164. The van der Waals surface area contributed by atoms with Crippen molar-refractivity contribution in [3.05, 3.63) is 0 Å². The maximum Gasteiger partial charge on any atom is 0.00951 e. The predicted molar refractivity (Wildman–Crippen MR) is 71.6 cm³/mol. The summed E-state index contributed by atoms with van der Waals surface area (Å²) in [6.07, 6.45) is 9.82. The summed E-state index contributed by atoms with van der Waals surface area (Å²) < 4.78 is 0. The van der Waals surface area contributed by atoms with Crippen LogP contribution in [0.5, 0.6) is 0 Å². The van der Waals surface area contributed by atoms with Gasteiger partial charge in [0.05, 0.1) is 0 Å². The third-order valence-electron chi connectivity index (χ3n) is 4.04. The van der Waals surface area contributed by atoms with Crippen LogP contribution in [-0.2, 0) is 0 Å². The molecule has 1 aliphatic rings. The van der Waals surface area contributed by atoms with Crippen LogP contribution in [0.4, 0.5) is 0 Å². The summed E-state index contributed by atoms with van der Waals surface area (Å²) in [5.74, 6) is 0.699.